The van der Waals surface area contributed by atoms with Crippen LogP contribution in [-0.4, -0.2) is 11.0 Å². The topological polar surface area (TPSA) is 40.5 Å². The minimum Gasteiger partial charge on any atom is -0.375 e. The number of nitrogens with zero attached hydrogens (tertiary/aromatic N) is 1. The molecule has 1 amide bonds. The molecule has 1 aliphatic rings. The highest BCUT2D eigenvalue weighted by atomic mass is 79.9. The largest absolute Gasteiger partial charge is 0.375 e. The number of halogens is 1. The van der Waals surface area contributed by atoms with E-state index in [-0.39, 0.29) is 12.3 Å². The van der Waals surface area contributed by atoms with Crippen LogP contribution in [0.3, 0.4) is 0 Å². The molecule has 3 nitrogen and oxygen atoms in total. The van der Waals surface area contributed by atoms with E-state index in [2.05, 4.69) is 22.5 Å². The normalized spacial score (nSPS) is 19.8. The van der Waals surface area contributed by atoms with Crippen molar-refractivity contribution in [2.24, 2.45) is 0 Å². The van der Waals surface area contributed by atoms with Gasteiger partial charge in [0.1, 0.15) is 0 Å². The van der Waals surface area contributed by atoms with Crippen molar-refractivity contribution in [1.29, 1.82) is 0 Å². The number of carbonyl (C=O) groups is 1. The fourth-order valence-electron chi connectivity index (χ4n) is 3.09. The summed E-state index contributed by atoms with van der Waals surface area (Å²) in [5, 5.41) is 11.1. The Balaban J connectivity index is 2.09. The predicted molar refractivity (Wildman–Crippen MR) is 95.1 cm³/mol. The zero-order valence-corrected chi connectivity index (χ0v) is 14.5. The molecule has 1 heterocycles. The monoisotopic (exact) mass is 371 g/mol. The van der Waals surface area contributed by atoms with E-state index in [1.165, 1.54) is 0 Å². The van der Waals surface area contributed by atoms with Gasteiger partial charge in [-0.25, -0.2) is 0 Å². The molecule has 0 aliphatic carbocycles. The quantitative estimate of drug-likeness (QED) is 0.820. The standard InChI is InChI=1S/C19H18BrNO2/c1-13(2)11-19(23)15-9-6-10-16(20)17(15)21(18(19)22)12-14-7-4-3-5-8-14/h3-10,23H,1,11-12H2,2H3. The summed E-state index contributed by atoms with van der Waals surface area (Å²) in [6.07, 6.45) is 0.223. The highest BCUT2D eigenvalue weighted by Crippen LogP contribution is 2.47. The molecule has 1 atom stereocenters. The van der Waals surface area contributed by atoms with Crippen LogP contribution in [0.25, 0.3) is 0 Å². The first kappa shape index (κ1) is 16.0. The van der Waals surface area contributed by atoms with Crippen LogP contribution < -0.4 is 4.90 Å². The Morgan fingerprint density at radius 1 is 1.22 bits per heavy atom. The van der Waals surface area contributed by atoms with Crippen LogP contribution in [0.15, 0.2) is 65.2 Å². The first-order valence-corrected chi connectivity index (χ1v) is 8.24. The van der Waals surface area contributed by atoms with Crippen LogP contribution >= 0.6 is 15.9 Å². The Morgan fingerprint density at radius 2 is 1.91 bits per heavy atom. The maximum atomic E-state index is 13.0. The van der Waals surface area contributed by atoms with Crippen molar-refractivity contribution < 1.29 is 9.90 Å². The summed E-state index contributed by atoms with van der Waals surface area (Å²) in [4.78, 5) is 14.6. The van der Waals surface area contributed by atoms with Crippen molar-refractivity contribution >= 4 is 27.5 Å². The number of anilines is 1. The van der Waals surface area contributed by atoms with Crippen LogP contribution in [0.4, 0.5) is 5.69 Å². The lowest BCUT2D eigenvalue weighted by atomic mass is 9.89. The van der Waals surface area contributed by atoms with Crippen molar-refractivity contribution in [3.05, 3.63) is 76.3 Å². The predicted octanol–water partition coefficient (Wildman–Crippen LogP) is 4.15. The van der Waals surface area contributed by atoms with Crippen molar-refractivity contribution in [1.82, 2.24) is 0 Å². The van der Waals surface area contributed by atoms with E-state index in [4.69, 9.17) is 0 Å². The van der Waals surface area contributed by atoms with Gasteiger partial charge in [-0.3, -0.25) is 4.79 Å². The molecule has 3 rings (SSSR count). The maximum Gasteiger partial charge on any atom is 0.264 e. The summed E-state index contributed by atoms with van der Waals surface area (Å²) >= 11 is 3.52. The zero-order valence-electron chi connectivity index (χ0n) is 12.9. The lowest BCUT2D eigenvalue weighted by molar-refractivity contribution is -0.136. The smallest absolute Gasteiger partial charge is 0.264 e. The highest BCUT2D eigenvalue weighted by molar-refractivity contribution is 9.10. The fraction of sp³-hybridized carbons (Fsp3) is 0.211. The Hall–Kier alpha value is -1.91. The molecular formula is C19H18BrNO2. The second-order valence-electron chi connectivity index (χ2n) is 6.01. The summed E-state index contributed by atoms with van der Waals surface area (Å²) < 4.78 is 0.803. The third-order valence-electron chi connectivity index (χ3n) is 4.04. The summed E-state index contributed by atoms with van der Waals surface area (Å²) in [5.41, 5.74) is 1.62. The molecule has 4 heteroatoms. The van der Waals surface area contributed by atoms with Gasteiger partial charge in [0.25, 0.3) is 5.91 Å². The van der Waals surface area contributed by atoms with Crippen molar-refractivity contribution in [2.45, 2.75) is 25.5 Å². The van der Waals surface area contributed by atoms with Gasteiger partial charge in [0, 0.05) is 16.5 Å². The van der Waals surface area contributed by atoms with Gasteiger partial charge in [0.2, 0.25) is 0 Å². The van der Waals surface area contributed by atoms with Gasteiger partial charge in [-0.15, -0.1) is 6.58 Å². The Morgan fingerprint density at radius 3 is 2.57 bits per heavy atom. The summed E-state index contributed by atoms with van der Waals surface area (Å²) in [5.74, 6) is -0.300. The van der Waals surface area contributed by atoms with E-state index in [1.807, 2.05) is 55.5 Å². The molecule has 2 aromatic rings. The number of hydrogen-bond acceptors (Lipinski definition) is 2. The molecule has 0 aromatic heterocycles. The molecular weight excluding hydrogens is 354 g/mol. The summed E-state index contributed by atoms with van der Waals surface area (Å²) in [7, 11) is 0. The Labute approximate surface area is 144 Å². The molecule has 0 fully saturated rings. The molecule has 0 bridgehead atoms. The van der Waals surface area contributed by atoms with E-state index in [0.29, 0.717) is 12.1 Å². The minimum atomic E-state index is -1.54. The number of para-hydroxylation sites is 1. The maximum absolute atomic E-state index is 13.0. The number of rotatable bonds is 4. The third-order valence-corrected chi connectivity index (χ3v) is 4.68. The Bertz CT molecular complexity index is 772. The van der Waals surface area contributed by atoms with Crippen LogP contribution in [0.2, 0.25) is 0 Å². The molecule has 2 aromatic carbocycles. The molecule has 1 N–H and O–H groups in total. The van der Waals surface area contributed by atoms with Gasteiger partial charge in [-0.05, 0) is 34.5 Å². The van der Waals surface area contributed by atoms with Gasteiger partial charge in [-0.1, -0.05) is 48.0 Å². The molecule has 0 saturated heterocycles. The average Bonchev–Trinajstić information content (AvgIpc) is 2.71. The van der Waals surface area contributed by atoms with Gasteiger partial charge in [0.15, 0.2) is 5.60 Å². The number of amides is 1. The highest BCUT2D eigenvalue weighted by Gasteiger charge is 2.50. The van der Waals surface area contributed by atoms with Gasteiger partial charge in [-0.2, -0.15) is 0 Å². The molecule has 1 aliphatic heterocycles. The first-order chi connectivity index (χ1) is 10.9. The van der Waals surface area contributed by atoms with E-state index in [1.54, 1.807) is 4.90 Å². The molecule has 23 heavy (non-hydrogen) atoms. The summed E-state index contributed by atoms with van der Waals surface area (Å²) in [6.45, 7) is 6.11. The fourth-order valence-corrected chi connectivity index (χ4v) is 3.67. The van der Waals surface area contributed by atoms with Crippen LogP contribution in [0.1, 0.15) is 24.5 Å². The van der Waals surface area contributed by atoms with E-state index in [9.17, 15) is 9.90 Å². The molecule has 0 spiro atoms. The number of benzene rings is 2. The summed E-state index contributed by atoms with van der Waals surface area (Å²) in [6, 6.07) is 15.3. The van der Waals surface area contributed by atoms with Gasteiger partial charge < -0.3 is 10.0 Å². The minimum absolute atomic E-state index is 0.223. The van der Waals surface area contributed by atoms with Crippen LogP contribution in [0, 0.1) is 0 Å². The van der Waals surface area contributed by atoms with Crippen molar-refractivity contribution in [3.8, 4) is 0 Å². The third kappa shape index (κ3) is 2.73. The molecule has 0 radical (unpaired) electrons. The molecule has 118 valence electrons. The lowest BCUT2D eigenvalue weighted by Crippen LogP contribution is -2.40. The number of fused-ring (bicyclic) bond motifs is 1. The number of aliphatic hydroxyl groups is 1. The van der Waals surface area contributed by atoms with Crippen molar-refractivity contribution in [2.75, 3.05) is 4.90 Å². The second-order valence-corrected chi connectivity index (χ2v) is 6.86. The lowest BCUT2D eigenvalue weighted by Gasteiger charge is -2.23. The van der Waals surface area contributed by atoms with E-state index >= 15 is 0 Å². The van der Waals surface area contributed by atoms with Gasteiger partial charge >= 0.3 is 0 Å². The van der Waals surface area contributed by atoms with E-state index < -0.39 is 5.60 Å². The van der Waals surface area contributed by atoms with Crippen LogP contribution in [0.5, 0.6) is 0 Å². The number of hydrogen-bond donors (Lipinski definition) is 1. The molecule has 1 unspecified atom stereocenters. The van der Waals surface area contributed by atoms with Crippen LogP contribution in [-0.2, 0) is 16.9 Å². The SMILES string of the molecule is C=C(C)CC1(O)C(=O)N(Cc2ccccc2)c2c(Br)cccc21. The van der Waals surface area contributed by atoms with Gasteiger partial charge in [0.05, 0.1) is 12.2 Å². The molecule has 0 saturated carbocycles. The van der Waals surface area contributed by atoms with Crippen molar-refractivity contribution in [3.63, 3.8) is 0 Å². The zero-order chi connectivity index (χ0) is 16.6. The average molecular weight is 372 g/mol. The first-order valence-electron chi connectivity index (χ1n) is 7.45. The van der Waals surface area contributed by atoms with E-state index in [0.717, 1.165) is 21.3 Å². The number of carbonyl (C=O) groups excluding carboxylic acids is 1. The second kappa shape index (κ2) is 5.95. The Kier molecular flexibility index (Phi) is 4.13.